The lowest BCUT2D eigenvalue weighted by molar-refractivity contribution is -0.120. The van der Waals surface area contributed by atoms with Gasteiger partial charge < -0.3 is 14.6 Å². The number of nitrogens with zero attached hydrogens (tertiary/aromatic N) is 1. The minimum atomic E-state index is 0.0647. The smallest absolute Gasteiger partial charge is 0.219 e. The summed E-state index contributed by atoms with van der Waals surface area (Å²) in [4.78, 5) is 11.3. The molecule has 0 radical (unpaired) electrons. The van der Waals surface area contributed by atoms with Crippen LogP contribution in [0.3, 0.4) is 0 Å². The van der Waals surface area contributed by atoms with Gasteiger partial charge in [0.15, 0.2) is 0 Å². The summed E-state index contributed by atoms with van der Waals surface area (Å²) in [6, 6.07) is 5.97. The SMILES string of the molecule is CCC(=O)NCc1cn(C)c2ccc(OC)cc12. The molecule has 0 aliphatic heterocycles. The number of hydrogen-bond donors (Lipinski definition) is 1. The van der Waals surface area contributed by atoms with Gasteiger partial charge in [-0.2, -0.15) is 0 Å². The van der Waals surface area contributed by atoms with Gasteiger partial charge in [0.2, 0.25) is 5.91 Å². The fraction of sp³-hybridized carbons (Fsp3) is 0.357. The lowest BCUT2D eigenvalue weighted by Gasteiger charge is -2.03. The van der Waals surface area contributed by atoms with Crippen LogP contribution >= 0.6 is 0 Å². The van der Waals surface area contributed by atoms with E-state index in [0.29, 0.717) is 13.0 Å². The van der Waals surface area contributed by atoms with Crippen molar-refractivity contribution >= 4 is 16.8 Å². The molecule has 0 fully saturated rings. The average molecular weight is 246 g/mol. The highest BCUT2D eigenvalue weighted by Gasteiger charge is 2.08. The number of ether oxygens (including phenoxy) is 1. The van der Waals surface area contributed by atoms with Gasteiger partial charge in [-0.15, -0.1) is 0 Å². The molecule has 2 rings (SSSR count). The van der Waals surface area contributed by atoms with Crippen LogP contribution in [0.2, 0.25) is 0 Å². The number of hydrogen-bond acceptors (Lipinski definition) is 2. The maximum atomic E-state index is 11.3. The Bertz CT molecular complexity index is 572. The molecular weight excluding hydrogens is 228 g/mol. The van der Waals surface area contributed by atoms with E-state index >= 15 is 0 Å². The van der Waals surface area contributed by atoms with E-state index in [4.69, 9.17) is 4.74 Å². The molecule has 2 aromatic rings. The van der Waals surface area contributed by atoms with Crippen molar-refractivity contribution in [2.75, 3.05) is 7.11 Å². The average Bonchev–Trinajstić information content (AvgIpc) is 2.72. The van der Waals surface area contributed by atoms with Gasteiger partial charge in [-0.05, 0) is 23.8 Å². The Balaban J connectivity index is 2.34. The van der Waals surface area contributed by atoms with Crippen LogP contribution in [0.5, 0.6) is 5.75 Å². The fourth-order valence-corrected chi connectivity index (χ4v) is 2.04. The summed E-state index contributed by atoms with van der Waals surface area (Å²) in [6.07, 6.45) is 2.55. The van der Waals surface area contributed by atoms with Crippen LogP contribution in [-0.4, -0.2) is 17.6 Å². The summed E-state index contributed by atoms with van der Waals surface area (Å²) in [5.41, 5.74) is 2.24. The summed E-state index contributed by atoms with van der Waals surface area (Å²) < 4.78 is 7.29. The highest BCUT2D eigenvalue weighted by molar-refractivity contribution is 5.86. The van der Waals surface area contributed by atoms with Crippen molar-refractivity contribution in [3.63, 3.8) is 0 Å². The molecule has 1 amide bonds. The molecule has 96 valence electrons. The molecule has 0 saturated carbocycles. The Hall–Kier alpha value is -1.97. The van der Waals surface area contributed by atoms with Gasteiger partial charge in [0, 0.05) is 37.1 Å². The van der Waals surface area contributed by atoms with E-state index in [1.165, 1.54) is 0 Å². The van der Waals surface area contributed by atoms with Crippen LogP contribution < -0.4 is 10.1 Å². The number of aromatic nitrogens is 1. The maximum absolute atomic E-state index is 11.3. The minimum Gasteiger partial charge on any atom is -0.497 e. The molecule has 18 heavy (non-hydrogen) atoms. The predicted octanol–water partition coefficient (Wildman–Crippen LogP) is 2.21. The van der Waals surface area contributed by atoms with Crippen LogP contribution in [0.25, 0.3) is 10.9 Å². The first kappa shape index (κ1) is 12.5. The third-order valence-corrected chi connectivity index (χ3v) is 3.08. The predicted molar refractivity (Wildman–Crippen MR) is 71.6 cm³/mol. The van der Waals surface area contributed by atoms with E-state index in [9.17, 15) is 4.79 Å². The number of carbonyl (C=O) groups excluding carboxylic acids is 1. The van der Waals surface area contributed by atoms with E-state index in [0.717, 1.165) is 22.2 Å². The largest absolute Gasteiger partial charge is 0.497 e. The zero-order valence-corrected chi connectivity index (χ0v) is 11.0. The highest BCUT2D eigenvalue weighted by Crippen LogP contribution is 2.25. The molecule has 0 atom stereocenters. The van der Waals surface area contributed by atoms with Crippen LogP contribution in [-0.2, 0) is 18.4 Å². The first-order valence-corrected chi connectivity index (χ1v) is 6.04. The van der Waals surface area contributed by atoms with Gasteiger partial charge in [0.1, 0.15) is 5.75 Å². The van der Waals surface area contributed by atoms with Gasteiger partial charge >= 0.3 is 0 Å². The van der Waals surface area contributed by atoms with Crippen LogP contribution in [0.1, 0.15) is 18.9 Å². The molecule has 0 unspecified atom stereocenters. The van der Waals surface area contributed by atoms with Crippen molar-refractivity contribution in [1.82, 2.24) is 9.88 Å². The van der Waals surface area contributed by atoms with Crippen LogP contribution in [0.4, 0.5) is 0 Å². The monoisotopic (exact) mass is 246 g/mol. The van der Waals surface area contributed by atoms with E-state index in [2.05, 4.69) is 9.88 Å². The molecular formula is C14H18N2O2. The molecule has 1 N–H and O–H groups in total. The second-order valence-corrected chi connectivity index (χ2v) is 4.28. The quantitative estimate of drug-likeness (QED) is 0.898. The number of fused-ring (bicyclic) bond motifs is 1. The fourth-order valence-electron chi connectivity index (χ4n) is 2.04. The van der Waals surface area contributed by atoms with Gasteiger partial charge in [-0.1, -0.05) is 6.92 Å². The van der Waals surface area contributed by atoms with Gasteiger partial charge in [-0.25, -0.2) is 0 Å². The second-order valence-electron chi connectivity index (χ2n) is 4.28. The first-order chi connectivity index (χ1) is 8.65. The highest BCUT2D eigenvalue weighted by atomic mass is 16.5. The molecule has 0 bridgehead atoms. The van der Waals surface area contributed by atoms with Gasteiger partial charge in [0.05, 0.1) is 7.11 Å². The molecule has 4 heteroatoms. The minimum absolute atomic E-state index is 0.0647. The zero-order valence-electron chi connectivity index (χ0n) is 11.0. The topological polar surface area (TPSA) is 43.3 Å². The molecule has 0 aliphatic carbocycles. The van der Waals surface area contributed by atoms with Crippen molar-refractivity contribution in [1.29, 1.82) is 0 Å². The summed E-state index contributed by atoms with van der Waals surface area (Å²) in [6.45, 7) is 2.40. The summed E-state index contributed by atoms with van der Waals surface area (Å²) >= 11 is 0. The Morgan fingerprint density at radius 1 is 1.44 bits per heavy atom. The molecule has 0 aliphatic rings. The molecule has 4 nitrogen and oxygen atoms in total. The first-order valence-electron chi connectivity index (χ1n) is 6.04. The van der Waals surface area contributed by atoms with E-state index < -0.39 is 0 Å². The van der Waals surface area contributed by atoms with E-state index in [1.807, 2.05) is 38.4 Å². The lowest BCUT2D eigenvalue weighted by atomic mass is 10.1. The number of rotatable bonds is 4. The number of methoxy groups -OCH3 is 1. The Kier molecular flexibility index (Phi) is 3.55. The van der Waals surface area contributed by atoms with Crippen molar-refractivity contribution in [2.24, 2.45) is 7.05 Å². The Morgan fingerprint density at radius 3 is 2.89 bits per heavy atom. The second kappa shape index (κ2) is 5.12. The van der Waals surface area contributed by atoms with Crippen LogP contribution in [0, 0.1) is 0 Å². The number of nitrogens with one attached hydrogen (secondary N) is 1. The molecule has 0 spiro atoms. The number of amides is 1. The summed E-state index contributed by atoms with van der Waals surface area (Å²) in [5, 5.41) is 4.02. The summed E-state index contributed by atoms with van der Waals surface area (Å²) in [5.74, 6) is 0.895. The van der Waals surface area contributed by atoms with Crippen molar-refractivity contribution in [2.45, 2.75) is 19.9 Å². The maximum Gasteiger partial charge on any atom is 0.219 e. The third-order valence-electron chi connectivity index (χ3n) is 3.08. The third kappa shape index (κ3) is 2.32. The summed E-state index contributed by atoms with van der Waals surface area (Å²) in [7, 11) is 3.66. The molecule has 0 saturated heterocycles. The Labute approximate surface area is 107 Å². The van der Waals surface area contributed by atoms with Crippen molar-refractivity contribution in [3.05, 3.63) is 30.0 Å². The molecule has 1 heterocycles. The van der Waals surface area contributed by atoms with Crippen LogP contribution in [0.15, 0.2) is 24.4 Å². The normalized spacial score (nSPS) is 10.6. The molecule has 1 aromatic heterocycles. The number of benzene rings is 1. The number of carbonyl (C=O) groups is 1. The van der Waals surface area contributed by atoms with E-state index in [-0.39, 0.29) is 5.91 Å². The molecule has 1 aromatic carbocycles. The lowest BCUT2D eigenvalue weighted by Crippen LogP contribution is -2.21. The van der Waals surface area contributed by atoms with Crippen molar-refractivity contribution in [3.8, 4) is 5.75 Å². The Morgan fingerprint density at radius 2 is 2.22 bits per heavy atom. The number of aryl methyl sites for hydroxylation is 1. The van der Waals surface area contributed by atoms with Gasteiger partial charge in [-0.3, -0.25) is 4.79 Å². The standard InChI is InChI=1S/C14H18N2O2/c1-4-14(17)15-8-10-9-16(2)13-6-5-11(18-3)7-12(10)13/h5-7,9H,4,8H2,1-3H3,(H,15,17). The van der Waals surface area contributed by atoms with E-state index in [1.54, 1.807) is 7.11 Å². The van der Waals surface area contributed by atoms with Gasteiger partial charge in [0.25, 0.3) is 0 Å². The van der Waals surface area contributed by atoms with Crippen molar-refractivity contribution < 1.29 is 9.53 Å². The zero-order chi connectivity index (χ0) is 13.1.